The fourth-order valence-corrected chi connectivity index (χ4v) is 3.55. The Labute approximate surface area is 119 Å². The van der Waals surface area contributed by atoms with Gasteiger partial charge in [-0.1, -0.05) is 0 Å². The van der Waals surface area contributed by atoms with Crippen LogP contribution in [0.4, 0.5) is 5.95 Å². The molecule has 0 atom stereocenters. The zero-order valence-electron chi connectivity index (χ0n) is 11.5. The topological polar surface area (TPSA) is 69.6 Å². The number of hydrogen-bond acceptors (Lipinski definition) is 6. The predicted octanol–water partition coefficient (Wildman–Crippen LogP) is -0.758. The van der Waals surface area contributed by atoms with Gasteiger partial charge in [-0.25, -0.2) is 18.4 Å². The molecular weight excluding hydrogens is 278 g/mol. The number of sulfonamides is 1. The molecule has 0 spiro atoms. The van der Waals surface area contributed by atoms with Gasteiger partial charge in [-0.2, -0.15) is 4.31 Å². The minimum atomic E-state index is -3.02. The van der Waals surface area contributed by atoms with Gasteiger partial charge >= 0.3 is 0 Å². The van der Waals surface area contributed by atoms with E-state index in [1.165, 1.54) is 10.6 Å². The van der Waals surface area contributed by atoms with Crippen LogP contribution in [0, 0.1) is 0 Å². The van der Waals surface area contributed by atoms with Crippen molar-refractivity contribution in [3.05, 3.63) is 18.5 Å². The van der Waals surface area contributed by atoms with Gasteiger partial charge in [0.1, 0.15) is 0 Å². The average Bonchev–Trinajstić information content (AvgIpc) is 2.37. The van der Waals surface area contributed by atoms with Crippen LogP contribution in [-0.2, 0) is 10.0 Å². The molecule has 2 aliphatic rings. The summed E-state index contributed by atoms with van der Waals surface area (Å²) in [6.45, 7) is 4.89. The Balaban J connectivity index is 1.51. The number of piperazine rings is 1. The Morgan fingerprint density at radius 2 is 1.70 bits per heavy atom. The van der Waals surface area contributed by atoms with Crippen LogP contribution in [0.2, 0.25) is 0 Å². The van der Waals surface area contributed by atoms with E-state index in [9.17, 15) is 8.42 Å². The van der Waals surface area contributed by atoms with Crippen molar-refractivity contribution in [3.63, 3.8) is 0 Å². The maximum atomic E-state index is 11.4. The Kier molecular flexibility index (Phi) is 3.61. The molecule has 0 saturated carbocycles. The summed E-state index contributed by atoms with van der Waals surface area (Å²) in [5.74, 6) is 0.776. The van der Waals surface area contributed by atoms with Crippen LogP contribution in [0.3, 0.4) is 0 Å². The van der Waals surface area contributed by atoms with E-state index < -0.39 is 10.0 Å². The summed E-state index contributed by atoms with van der Waals surface area (Å²) < 4.78 is 24.3. The minimum Gasteiger partial charge on any atom is -0.338 e. The lowest BCUT2D eigenvalue weighted by atomic mass is 10.1. The van der Waals surface area contributed by atoms with Gasteiger partial charge in [0, 0.05) is 57.7 Å². The van der Waals surface area contributed by atoms with Crippen LogP contribution >= 0.6 is 0 Å². The molecule has 1 aromatic rings. The molecule has 0 unspecified atom stereocenters. The van der Waals surface area contributed by atoms with Gasteiger partial charge in [0.05, 0.1) is 6.26 Å². The van der Waals surface area contributed by atoms with Gasteiger partial charge in [0.15, 0.2) is 0 Å². The van der Waals surface area contributed by atoms with Crippen LogP contribution in [-0.4, -0.2) is 79.2 Å². The second kappa shape index (κ2) is 5.27. The van der Waals surface area contributed by atoms with Crippen molar-refractivity contribution in [3.8, 4) is 0 Å². The highest BCUT2D eigenvalue weighted by Crippen LogP contribution is 2.20. The third-order valence-electron chi connectivity index (χ3n) is 3.96. The normalized spacial score (nSPS) is 22.8. The molecule has 3 rings (SSSR count). The van der Waals surface area contributed by atoms with E-state index in [1.807, 2.05) is 6.07 Å². The number of anilines is 1. The average molecular weight is 297 g/mol. The maximum absolute atomic E-state index is 11.4. The van der Waals surface area contributed by atoms with Crippen LogP contribution in [0.25, 0.3) is 0 Å². The second-order valence-corrected chi connectivity index (χ2v) is 7.29. The second-order valence-electron chi connectivity index (χ2n) is 5.31. The maximum Gasteiger partial charge on any atom is 0.225 e. The summed E-state index contributed by atoms with van der Waals surface area (Å²) in [6.07, 6.45) is 4.78. The predicted molar refractivity (Wildman–Crippen MR) is 76.0 cm³/mol. The summed E-state index contributed by atoms with van der Waals surface area (Å²) in [5, 5.41) is 0. The SMILES string of the molecule is CS(=O)(=O)N1CC(N2CCN(c3ncccn3)CC2)C1. The van der Waals surface area contributed by atoms with Crippen molar-refractivity contribution in [2.24, 2.45) is 0 Å². The molecular formula is C12H19N5O2S. The molecule has 7 nitrogen and oxygen atoms in total. The smallest absolute Gasteiger partial charge is 0.225 e. The van der Waals surface area contributed by atoms with Crippen LogP contribution in [0.5, 0.6) is 0 Å². The van der Waals surface area contributed by atoms with Gasteiger partial charge in [-0.3, -0.25) is 4.90 Å². The first kappa shape index (κ1) is 13.7. The fourth-order valence-electron chi connectivity index (χ4n) is 2.66. The summed E-state index contributed by atoms with van der Waals surface area (Å²) in [6, 6.07) is 2.18. The van der Waals surface area contributed by atoms with Crippen LogP contribution in [0.15, 0.2) is 18.5 Å². The Bertz CT molecular complexity index is 550. The Morgan fingerprint density at radius 1 is 1.10 bits per heavy atom. The molecule has 3 heterocycles. The monoisotopic (exact) mass is 297 g/mol. The highest BCUT2D eigenvalue weighted by atomic mass is 32.2. The molecule has 1 aromatic heterocycles. The van der Waals surface area contributed by atoms with E-state index in [1.54, 1.807) is 12.4 Å². The quantitative estimate of drug-likeness (QED) is 0.731. The third-order valence-corrected chi connectivity index (χ3v) is 5.20. The lowest BCUT2D eigenvalue weighted by molar-refractivity contribution is 0.0830. The van der Waals surface area contributed by atoms with Crippen molar-refractivity contribution in [2.45, 2.75) is 6.04 Å². The highest BCUT2D eigenvalue weighted by Gasteiger charge is 2.37. The van der Waals surface area contributed by atoms with Gasteiger partial charge in [0.2, 0.25) is 16.0 Å². The molecule has 0 aliphatic carbocycles. The minimum absolute atomic E-state index is 0.364. The molecule has 8 heteroatoms. The van der Waals surface area contributed by atoms with Gasteiger partial charge < -0.3 is 4.90 Å². The Morgan fingerprint density at radius 3 is 2.25 bits per heavy atom. The number of hydrogen-bond donors (Lipinski definition) is 0. The third kappa shape index (κ3) is 2.77. The first-order chi connectivity index (χ1) is 9.54. The molecule has 0 N–H and O–H groups in total. The first-order valence-corrected chi connectivity index (χ1v) is 8.60. The van der Waals surface area contributed by atoms with Crippen molar-refractivity contribution in [2.75, 3.05) is 50.4 Å². The van der Waals surface area contributed by atoms with E-state index >= 15 is 0 Å². The molecule has 20 heavy (non-hydrogen) atoms. The lowest BCUT2D eigenvalue weighted by Gasteiger charge is -2.47. The van der Waals surface area contributed by atoms with Gasteiger partial charge in [0.25, 0.3) is 0 Å². The van der Waals surface area contributed by atoms with Crippen LogP contribution in [0.1, 0.15) is 0 Å². The standard InChI is InChI=1S/C12H19N5O2S/c1-20(18,19)17-9-11(10-17)15-5-7-16(8-6-15)12-13-3-2-4-14-12/h2-4,11H,5-10H2,1H3. The molecule has 0 bridgehead atoms. The first-order valence-electron chi connectivity index (χ1n) is 6.75. The summed E-state index contributed by atoms with van der Waals surface area (Å²) in [4.78, 5) is 13.1. The van der Waals surface area contributed by atoms with E-state index in [2.05, 4.69) is 19.8 Å². The highest BCUT2D eigenvalue weighted by molar-refractivity contribution is 7.88. The molecule has 2 fully saturated rings. The molecule has 2 saturated heterocycles. The van der Waals surface area contributed by atoms with E-state index in [0.29, 0.717) is 19.1 Å². The number of rotatable bonds is 3. The Hall–Kier alpha value is -1.25. The molecule has 0 aromatic carbocycles. The molecule has 0 radical (unpaired) electrons. The fraction of sp³-hybridized carbons (Fsp3) is 0.667. The van der Waals surface area contributed by atoms with Gasteiger partial charge in [-0.05, 0) is 6.07 Å². The van der Waals surface area contributed by atoms with E-state index in [0.717, 1.165) is 32.1 Å². The van der Waals surface area contributed by atoms with Crippen molar-refractivity contribution in [1.82, 2.24) is 19.2 Å². The van der Waals surface area contributed by atoms with Crippen molar-refractivity contribution >= 4 is 16.0 Å². The number of aromatic nitrogens is 2. The zero-order valence-corrected chi connectivity index (χ0v) is 12.3. The lowest BCUT2D eigenvalue weighted by Crippen LogP contribution is -2.64. The van der Waals surface area contributed by atoms with Crippen molar-refractivity contribution < 1.29 is 8.42 Å². The molecule has 2 aliphatic heterocycles. The van der Waals surface area contributed by atoms with Crippen LogP contribution < -0.4 is 4.90 Å². The number of nitrogens with zero attached hydrogens (tertiary/aromatic N) is 5. The zero-order chi connectivity index (χ0) is 14.2. The largest absolute Gasteiger partial charge is 0.338 e. The summed E-state index contributed by atoms with van der Waals surface area (Å²) in [7, 11) is -3.02. The van der Waals surface area contributed by atoms with E-state index in [-0.39, 0.29) is 0 Å². The molecule has 0 amide bonds. The molecule has 110 valence electrons. The summed E-state index contributed by atoms with van der Waals surface area (Å²) in [5.41, 5.74) is 0. The summed E-state index contributed by atoms with van der Waals surface area (Å²) >= 11 is 0. The van der Waals surface area contributed by atoms with Crippen molar-refractivity contribution in [1.29, 1.82) is 0 Å². The van der Waals surface area contributed by atoms with E-state index in [4.69, 9.17) is 0 Å². The van der Waals surface area contributed by atoms with Gasteiger partial charge in [-0.15, -0.1) is 0 Å².